The van der Waals surface area contributed by atoms with Crippen LogP contribution in [0.1, 0.15) is 11.6 Å². The normalized spacial score (nSPS) is 16.8. The number of aromatic hydroxyl groups is 1. The van der Waals surface area contributed by atoms with Crippen molar-refractivity contribution in [2.75, 3.05) is 6.54 Å². The number of aromatic nitrogens is 2. The van der Waals surface area contributed by atoms with Crippen LogP contribution in [0.2, 0.25) is 0 Å². The first-order chi connectivity index (χ1) is 12.2. The van der Waals surface area contributed by atoms with Crippen molar-refractivity contribution >= 4 is 16.8 Å². The van der Waals surface area contributed by atoms with Crippen LogP contribution in [0, 0.1) is 0 Å². The average Bonchev–Trinajstić information content (AvgIpc) is 3.05. The van der Waals surface area contributed by atoms with Crippen molar-refractivity contribution < 1.29 is 19.4 Å². The topological polar surface area (TPSA) is 101 Å². The first-order valence-electron chi connectivity index (χ1n) is 7.76. The molecule has 2 aromatic heterocycles. The fourth-order valence-electron chi connectivity index (χ4n) is 2.41. The maximum Gasteiger partial charge on any atom is 0.245 e. The number of nitrogens with zero attached hydrogens (tertiary/aromatic N) is 3. The standard InChI is InChI=1S/C18H15N3O4/c22-12-2-1-11(19-8-12)10-24-14-4-6-17-16(7-14)21-18(25-17)15-5-3-13(23)9-20-15/h1-8,13,22-23H,9-10H2. The summed E-state index contributed by atoms with van der Waals surface area (Å²) in [5.74, 6) is 1.17. The Labute approximate surface area is 142 Å². The third-order valence-electron chi connectivity index (χ3n) is 3.70. The predicted octanol–water partition coefficient (Wildman–Crippen LogP) is 2.23. The molecule has 2 N–H and O–H groups in total. The van der Waals surface area contributed by atoms with Crippen molar-refractivity contribution in [3.63, 3.8) is 0 Å². The van der Waals surface area contributed by atoms with Crippen LogP contribution >= 0.6 is 0 Å². The molecule has 7 nitrogen and oxygen atoms in total. The molecule has 0 fully saturated rings. The number of pyridine rings is 1. The molecule has 3 aromatic rings. The molecule has 1 aliphatic rings. The van der Waals surface area contributed by atoms with Crippen LogP contribution in [0.15, 0.2) is 58.1 Å². The Morgan fingerprint density at radius 1 is 1.24 bits per heavy atom. The summed E-state index contributed by atoms with van der Waals surface area (Å²) in [5, 5.41) is 18.7. The van der Waals surface area contributed by atoms with Crippen molar-refractivity contribution in [1.82, 2.24) is 9.97 Å². The highest BCUT2D eigenvalue weighted by Crippen LogP contribution is 2.23. The van der Waals surface area contributed by atoms with Crippen molar-refractivity contribution in [2.24, 2.45) is 4.99 Å². The summed E-state index contributed by atoms with van der Waals surface area (Å²) in [4.78, 5) is 12.7. The van der Waals surface area contributed by atoms with Crippen LogP contribution < -0.4 is 4.74 Å². The second-order valence-electron chi connectivity index (χ2n) is 5.60. The van der Waals surface area contributed by atoms with Gasteiger partial charge in [0.1, 0.15) is 29.3 Å². The van der Waals surface area contributed by atoms with Gasteiger partial charge >= 0.3 is 0 Å². The van der Waals surface area contributed by atoms with Gasteiger partial charge in [-0.05, 0) is 30.3 Å². The minimum Gasteiger partial charge on any atom is -0.506 e. The maximum atomic E-state index is 9.44. The SMILES string of the molecule is Oc1ccc(COc2ccc3oc(C4=NCC(O)C=C4)nc3c2)nc1. The van der Waals surface area contributed by atoms with Gasteiger partial charge in [0.25, 0.3) is 0 Å². The maximum absolute atomic E-state index is 9.44. The Bertz CT molecular complexity index is 960. The summed E-state index contributed by atoms with van der Waals surface area (Å²) in [6.07, 6.45) is 4.19. The first-order valence-corrected chi connectivity index (χ1v) is 7.76. The van der Waals surface area contributed by atoms with E-state index in [9.17, 15) is 10.2 Å². The fourth-order valence-corrected chi connectivity index (χ4v) is 2.41. The number of aliphatic hydroxyl groups excluding tert-OH is 1. The molecule has 3 heterocycles. The molecular weight excluding hydrogens is 322 g/mol. The van der Waals surface area contributed by atoms with Gasteiger partial charge in [0, 0.05) is 6.07 Å². The van der Waals surface area contributed by atoms with Crippen molar-refractivity contribution in [1.29, 1.82) is 0 Å². The zero-order chi connectivity index (χ0) is 17.2. The molecule has 1 aromatic carbocycles. The van der Waals surface area contributed by atoms with E-state index in [1.807, 2.05) is 0 Å². The highest BCUT2D eigenvalue weighted by Gasteiger charge is 2.14. The second-order valence-corrected chi connectivity index (χ2v) is 5.60. The van der Waals surface area contributed by atoms with Crippen molar-refractivity contribution in [3.05, 3.63) is 60.3 Å². The molecule has 126 valence electrons. The number of hydrogen-bond acceptors (Lipinski definition) is 7. The molecule has 1 atom stereocenters. The van der Waals surface area contributed by atoms with Gasteiger partial charge in [-0.2, -0.15) is 0 Å². The number of aliphatic hydroxyl groups is 1. The molecule has 25 heavy (non-hydrogen) atoms. The minimum atomic E-state index is -0.554. The Balaban J connectivity index is 1.52. The van der Waals surface area contributed by atoms with E-state index in [-0.39, 0.29) is 12.4 Å². The van der Waals surface area contributed by atoms with Crippen LogP contribution in [-0.4, -0.2) is 38.5 Å². The second kappa shape index (κ2) is 6.37. The zero-order valence-corrected chi connectivity index (χ0v) is 13.2. The monoisotopic (exact) mass is 337 g/mol. The average molecular weight is 337 g/mol. The van der Waals surface area contributed by atoms with Gasteiger partial charge in [-0.3, -0.25) is 9.98 Å². The van der Waals surface area contributed by atoms with E-state index in [1.54, 1.807) is 42.5 Å². The van der Waals surface area contributed by atoms with Gasteiger partial charge in [0.2, 0.25) is 5.89 Å². The lowest BCUT2D eigenvalue weighted by atomic mass is 10.2. The number of ether oxygens (including phenoxy) is 1. The highest BCUT2D eigenvalue weighted by atomic mass is 16.5. The Morgan fingerprint density at radius 2 is 2.16 bits per heavy atom. The number of aliphatic imine (C=N–C) groups is 1. The van der Waals surface area contributed by atoms with E-state index in [2.05, 4.69) is 15.0 Å². The minimum absolute atomic E-state index is 0.118. The van der Waals surface area contributed by atoms with Crippen LogP contribution in [0.3, 0.4) is 0 Å². The van der Waals surface area contributed by atoms with Crippen molar-refractivity contribution in [3.8, 4) is 11.5 Å². The Hall–Kier alpha value is -3.19. The van der Waals surface area contributed by atoms with Gasteiger partial charge in [-0.15, -0.1) is 0 Å². The lowest BCUT2D eigenvalue weighted by molar-refractivity contribution is 0.231. The third kappa shape index (κ3) is 3.36. The van der Waals surface area contributed by atoms with E-state index in [4.69, 9.17) is 9.15 Å². The van der Waals surface area contributed by atoms with Gasteiger partial charge in [0.15, 0.2) is 5.58 Å². The molecular formula is C18H15N3O4. The van der Waals surface area contributed by atoms with Gasteiger partial charge in [-0.25, -0.2) is 4.98 Å². The Kier molecular flexibility index (Phi) is 3.91. The lowest BCUT2D eigenvalue weighted by Gasteiger charge is -2.07. The zero-order valence-electron chi connectivity index (χ0n) is 13.2. The third-order valence-corrected chi connectivity index (χ3v) is 3.70. The van der Waals surface area contributed by atoms with Crippen LogP contribution in [0.4, 0.5) is 0 Å². The molecule has 0 bridgehead atoms. The highest BCUT2D eigenvalue weighted by molar-refractivity contribution is 6.07. The molecule has 0 aliphatic carbocycles. The molecule has 4 rings (SSSR count). The van der Waals surface area contributed by atoms with Gasteiger partial charge in [-0.1, -0.05) is 6.08 Å². The Morgan fingerprint density at radius 3 is 2.92 bits per heavy atom. The van der Waals surface area contributed by atoms with Crippen LogP contribution in [-0.2, 0) is 6.61 Å². The molecule has 0 spiro atoms. The number of hydrogen-bond donors (Lipinski definition) is 2. The number of allylic oxidation sites excluding steroid dienone is 1. The summed E-state index contributed by atoms with van der Waals surface area (Å²) in [6.45, 7) is 0.586. The number of fused-ring (bicyclic) bond motifs is 1. The van der Waals surface area contributed by atoms with Gasteiger partial charge < -0.3 is 19.4 Å². The lowest BCUT2D eigenvalue weighted by Crippen LogP contribution is -2.14. The van der Waals surface area contributed by atoms with Gasteiger partial charge in [0.05, 0.1) is 24.5 Å². The van der Waals surface area contributed by atoms with E-state index in [1.165, 1.54) is 6.20 Å². The summed E-state index contributed by atoms with van der Waals surface area (Å²) in [5.41, 5.74) is 2.61. The fraction of sp³-hybridized carbons (Fsp3) is 0.167. The van der Waals surface area contributed by atoms with E-state index in [0.29, 0.717) is 40.7 Å². The number of rotatable bonds is 4. The van der Waals surface area contributed by atoms with Crippen LogP contribution in [0.25, 0.3) is 11.1 Å². The molecule has 7 heteroatoms. The molecule has 0 saturated heterocycles. The van der Waals surface area contributed by atoms with E-state index < -0.39 is 6.10 Å². The molecule has 0 amide bonds. The molecule has 1 aliphatic heterocycles. The predicted molar refractivity (Wildman–Crippen MR) is 90.8 cm³/mol. The van der Waals surface area contributed by atoms with E-state index >= 15 is 0 Å². The van der Waals surface area contributed by atoms with E-state index in [0.717, 1.165) is 0 Å². The smallest absolute Gasteiger partial charge is 0.245 e. The molecule has 1 unspecified atom stereocenters. The van der Waals surface area contributed by atoms with Crippen molar-refractivity contribution in [2.45, 2.75) is 12.7 Å². The van der Waals surface area contributed by atoms with Crippen LogP contribution in [0.5, 0.6) is 11.5 Å². The summed E-state index contributed by atoms with van der Waals surface area (Å²) < 4.78 is 11.4. The number of dihydropyridines is 1. The number of oxazole rings is 1. The first kappa shape index (κ1) is 15.3. The quantitative estimate of drug-likeness (QED) is 0.757. The number of benzene rings is 1. The molecule has 0 saturated carbocycles. The molecule has 0 radical (unpaired) electrons. The summed E-state index contributed by atoms with van der Waals surface area (Å²) in [6, 6.07) is 8.62. The summed E-state index contributed by atoms with van der Waals surface area (Å²) in [7, 11) is 0. The largest absolute Gasteiger partial charge is 0.506 e. The summed E-state index contributed by atoms with van der Waals surface area (Å²) >= 11 is 0.